The van der Waals surface area contributed by atoms with Gasteiger partial charge in [0.2, 0.25) is 0 Å². The highest BCUT2D eigenvalue weighted by Gasteiger charge is 2.23. The lowest BCUT2D eigenvalue weighted by Crippen LogP contribution is -2.01. The highest BCUT2D eigenvalue weighted by Crippen LogP contribution is 2.42. The number of aryl methyl sites for hydroxylation is 6. The first-order valence-corrected chi connectivity index (χ1v) is 39.5. The molecule has 10 rings (SSSR count). The van der Waals surface area contributed by atoms with Gasteiger partial charge in [0.1, 0.15) is 56.9 Å². The molecule has 2 aromatic carbocycles. The van der Waals surface area contributed by atoms with Crippen molar-refractivity contribution in [3.63, 3.8) is 0 Å². The molecule has 0 radical (unpaired) electrons. The van der Waals surface area contributed by atoms with Crippen molar-refractivity contribution in [1.82, 2.24) is 60.6 Å². The molecule has 0 amide bonds. The SMILES string of the molecule is C.C.CC(C)c1cn[nH]c1N.COc1cc2c(cc1-c1c(C)noc1C)[nH]c1nc(C)nc(Cc3[nH]ncc3C(C)C)c12.COc1cc2c(cc1-c1c(C)noc1C)[nH]c1nc(C)nc(Cl)c12.S=S=S=S=S=S=S=S=S=S=S=S=S. The number of ether oxygens (including phenoxy) is 2. The average Bonchev–Trinajstić information content (AvgIpc) is 4.32. The molecule has 0 aliphatic carbocycles. The summed E-state index contributed by atoms with van der Waals surface area (Å²) in [6.45, 7) is 19.9. The molecule has 430 valence electrons. The number of halogens is 1. The van der Waals surface area contributed by atoms with Crippen molar-refractivity contribution >= 4 is 181 Å². The van der Waals surface area contributed by atoms with E-state index in [4.69, 9.17) is 63.2 Å². The number of rotatable bonds is 8. The molecule has 0 atom stereocenters. The number of anilines is 1. The molecular formula is C49H60ClN13O4S13. The van der Waals surface area contributed by atoms with Crippen molar-refractivity contribution < 1.29 is 18.5 Å². The number of nitrogen functional groups attached to an aromatic ring is 1. The number of nitrogens with one attached hydrogen (secondary N) is 4. The van der Waals surface area contributed by atoms with Gasteiger partial charge in [0, 0.05) is 176 Å². The molecular weight excluding hydrogens is 1290 g/mol. The Balaban J connectivity index is 0.000000215. The van der Waals surface area contributed by atoms with Gasteiger partial charge >= 0.3 is 0 Å². The average molecular weight is 1350 g/mol. The highest BCUT2D eigenvalue weighted by molar-refractivity contribution is 8.75. The number of methoxy groups -OCH3 is 2. The lowest BCUT2D eigenvalue weighted by molar-refractivity contribution is 0.393. The Bertz CT molecular complexity index is 4270. The first kappa shape index (κ1) is 66.4. The van der Waals surface area contributed by atoms with Crippen LogP contribution in [0.5, 0.6) is 11.5 Å². The van der Waals surface area contributed by atoms with Gasteiger partial charge in [-0.15, -0.1) is 0 Å². The van der Waals surface area contributed by atoms with Crippen LogP contribution in [0.4, 0.5) is 5.82 Å². The van der Waals surface area contributed by atoms with Gasteiger partial charge in [0.05, 0.1) is 60.2 Å². The van der Waals surface area contributed by atoms with Crippen LogP contribution in [-0.4, -0.2) is 74.8 Å². The van der Waals surface area contributed by atoms with E-state index in [1.165, 1.54) is 23.3 Å². The molecule has 80 heavy (non-hydrogen) atoms. The fourth-order valence-electron chi connectivity index (χ4n) is 8.49. The van der Waals surface area contributed by atoms with Crippen molar-refractivity contribution in [3.8, 4) is 33.8 Å². The molecule has 8 aromatic heterocycles. The Kier molecular flexibility index (Phi) is 26.0. The van der Waals surface area contributed by atoms with Gasteiger partial charge in [-0.3, -0.25) is 10.2 Å². The summed E-state index contributed by atoms with van der Waals surface area (Å²) in [5.41, 5.74) is 18.6. The molecule has 8 heterocycles. The minimum Gasteiger partial charge on any atom is -0.496 e. The number of fused-ring (bicyclic) bond motifs is 6. The molecule has 0 aliphatic heterocycles. The third kappa shape index (κ3) is 16.0. The number of nitrogens with zero attached hydrogens (tertiary/aromatic N) is 8. The summed E-state index contributed by atoms with van der Waals surface area (Å²) in [6.07, 6.45) is 4.31. The van der Waals surface area contributed by atoms with Crippen molar-refractivity contribution in [1.29, 1.82) is 0 Å². The van der Waals surface area contributed by atoms with Crippen molar-refractivity contribution in [2.24, 2.45) is 0 Å². The van der Waals surface area contributed by atoms with Gasteiger partial charge in [-0.05, 0) is 83.2 Å². The predicted molar refractivity (Wildman–Crippen MR) is 362 cm³/mol. The number of hydrogen-bond donors (Lipinski definition) is 5. The number of nitrogens with two attached hydrogens (primary N) is 1. The Morgan fingerprint density at radius 1 is 0.600 bits per heavy atom. The summed E-state index contributed by atoms with van der Waals surface area (Å²) in [6, 6.07) is 8.08. The van der Waals surface area contributed by atoms with E-state index in [1.807, 2.05) is 65.9 Å². The van der Waals surface area contributed by atoms with E-state index in [2.05, 4.69) is 89.4 Å². The normalized spacial score (nSPS) is 10.5. The molecule has 0 saturated carbocycles. The quantitative estimate of drug-likeness (QED) is 0.0890. The van der Waals surface area contributed by atoms with Crippen LogP contribution in [0.25, 0.3) is 66.1 Å². The first-order valence-electron chi connectivity index (χ1n) is 23.2. The fourth-order valence-corrected chi connectivity index (χ4v) is 33.5. The summed E-state index contributed by atoms with van der Waals surface area (Å²) in [5.74, 6) is 5.84. The minimum absolute atomic E-state index is 0. The number of benzene rings is 2. The van der Waals surface area contributed by atoms with Crippen LogP contribution in [0.3, 0.4) is 0 Å². The zero-order chi connectivity index (χ0) is 56.2. The summed E-state index contributed by atoms with van der Waals surface area (Å²) >= 11 is 15.7. The maximum Gasteiger partial charge on any atom is 0.143 e. The van der Waals surface area contributed by atoms with Gasteiger partial charge in [-0.2, -0.15) is 10.2 Å². The van der Waals surface area contributed by atoms with E-state index in [-0.39, 0.29) is 14.9 Å². The Hall–Kier alpha value is -4.41. The summed E-state index contributed by atoms with van der Waals surface area (Å²) in [4.78, 5) is 25.0. The monoisotopic (exact) mass is 1350 g/mol. The maximum absolute atomic E-state index is 6.33. The number of hydrogen-bond acceptors (Lipinski definition) is 15. The smallest absolute Gasteiger partial charge is 0.143 e. The zero-order valence-corrected chi connectivity index (χ0v) is 55.2. The van der Waals surface area contributed by atoms with Crippen LogP contribution in [0.1, 0.15) is 111 Å². The van der Waals surface area contributed by atoms with E-state index in [0.29, 0.717) is 40.7 Å². The van der Waals surface area contributed by atoms with Crippen LogP contribution in [-0.2, 0) is 126 Å². The summed E-state index contributed by atoms with van der Waals surface area (Å²) in [7, 11) is 21.4. The topological polar surface area (TPSA) is 237 Å². The zero-order valence-electron chi connectivity index (χ0n) is 43.8. The number of aromatic nitrogens is 12. The van der Waals surface area contributed by atoms with E-state index >= 15 is 0 Å². The van der Waals surface area contributed by atoms with Crippen LogP contribution < -0.4 is 15.2 Å². The Morgan fingerprint density at radius 2 is 1.04 bits per heavy atom. The van der Waals surface area contributed by atoms with Crippen LogP contribution >= 0.6 is 11.6 Å². The van der Waals surface area contributed by atoms with E-state index in [9.17, 15) is 0 Å². The standard InChI is InChI=1S/C24H26N6O2.C17H15ClN4O2.C6H11N3.2CH4.S13/c1-11(2)17-10-25-29-19(17)9-20-23-15-8-21(31-6)16(22-12(3)30-32-13(22)4)7-18(15)28-24(23)27-14(5)26-20;1-7-14(8(2)24-22-7)11-5-12-10(6-13(11)23-4)15-16(18)19-9(3)20-17(15)21-12;1-4(2)5-3-8-9-6(5)7;;;1-3-5-7-9-11-13-12-10-8-6-4-2/h7-8,10-11H,9H2,1-6H3,(H,25,29)(H,26,27,28);5-6H,1-4H3,(H,19,20,21);3-4H,1-2H3,(H3,7,8,9);2*1H4;. The van der Waals surface area contributed by atoms with Gasteiger partial charge in [0.25, 0.3) is 0 Å². The molecule has 31 heteroatoms. The molecule has 0 spiro atoms. The largest absolute Gasteiger partial charge is 0.496 e. The molecule has 10 aromatic rings. The minimum atomic E-state index is 0. The number of aromatic amines is 4. The molecule has 0 aliphatic rings. The van der Waals surface area contributed by atoms with E-state index in [0.717, 1.165) is 118 Å². The third-order valence-electron chi connectivity index (χ3n) is 11.7. The second-order valence-corrected chi connectivity index (χ2v) is 37.2. The molecule has 0 unspecified atom stereocenters. The van der Waals surface area contributed by atoms with Gasteiger partial charge in [-0.1, -0.05) is 64.5 Å². The highest BCUT2D eigenvalue weighted by atomic mass is 35.5. The summed E-state index contributed by atoms with van der Waals surface area (Å²) < 4.78 is 22.1. The van der Waals surface area contributed by atoms with Gasteiger partial charge in [-0.25, -0.2) is 19.9 Å². The Morgan fingerprint density at radius 3 is 1.45 bits per heavy atom. The lowest BCUT2D eigenvalue weighted by atomic mass is 9.98. The summed E-state index contributed by atoms with van der Waals surface area (Å²) in [5, 5.41) is 26.2. The van der Waals surface area contributed by atoms with Crippen molar-refractivity contribution in [3.05, 3.63) is 98.9 Å². The number of H-pyrrole nitrogens is 4. The van der Waals surface area contributed by atoms with E-state index < -0.39 is 0 Å². The van der Waals surface area contributed by atoms with Crippen LogP contribution in [0.15, 0.2) is 45.7 Å². The lowest BCUT2D eigenvalue weighted by Gasteiger charge is -2.10. The fraction of sp³-hybridized carbons (Fsp3) is 0.347. The van der Waals surface area contributed by atoms with Gasteiger partial charge < -0.3 is 34.2 Å². The van der Waals surface area contributed by atoms with E-state index in [1.54, 1.807) is 100 Å². The second kappa shape index (κ2) is 31.3. The Labute approximate surface area is 510 Å². The molecule has 0 fully saturated rings. The molecule has 6 N–H and O–H groups in total. The third-order valence-corrected chi connectivity index (χ3v) is 34.2. The van der Waals surface area contributed by atoms with Crippen molar-refractivity contribution in [2.45, 2.75) is 102 Å². The van der Waals surface area contributed by atoms with Gasteiger partial charge in [0.15, 0.2) is 0 Å². The van der Waals surface area contributed by atoms with Crippen molar-refractivity contribution in [2.75, 3.05) is 20.0 Å². The molecule has 0 saturated heterocycles. The second-order valence-electron chi connectivity index (χ2n) is 17.3. The van der Waals surface area contributed by atoms with Crippen LogP contribution in [0.2, 0.25) is 5.15 Å². The van der Waals surface area contributed by atoms with Crippen LogP contribution in [0, 0.1) is 41.5 Å². The maximum atomic E-state index is 6.33. The first-order chi connectivity index (χ1) is 37.5. The predicted octanol–water partition coefficient (Wildman–Crippen LogP) is 11.8. The molecule has 17 nitrogen and oxygen atoms in total. The molecule has 0 bridgehead atoms.